The molecule has 5 nitrogen and oxygen atoms in total. The summed E-state index contributed by atoms with van der Waals surface area (Å²) in [6.07, 6.45) is 3.75. The topological polar surface area (TPSA) is 50.5 Å². The number of nitrogens with zero attached hydrogens (tertiary/aromatic N) is 4. The number of fused-ring (bicyclic) bond motifs is 1. The van der Waals surface area contributed by atoms with Gasteiger partial charge in [0, 0.05) is 18.7 Å². The van der Waals surface area contributed by atoms with Crippen molar-refractivity contribution in [3.05, 3.63) is 29.7 Å². The first-order chi connectivity index (χ1) is 8.28. The van der Waals surface area contributed by atoms with Gasteiger partial charge in [-0.25, -0.2) is 9.50 Å². The maximum atomic E-state index is 10.9. The molecule has 0 aromatic carbocycles. The summed E-state index contributed by atoms with van der Waals surface area (Å²) in [4.78, 5) is 17.7. The van der Waals surface area contributed by atoms with Crippen LogP contribution in [-0.2, 0) is 0 Å². The summed E-state index contributed by atoms with van der Waals surface area (Å²) < 4.78 is 1.69. The van der Waals surface area contributed by atoms with Crippen LogP contribution in [0.2, 0.25) is 0 Å². The molecule has 17 heavy (non-hydrogen) atoms. The summed E-state index contributed by atoms with van der Waals surface area (Å²) in [7, 11) is 2.10. The highest BCUT2D eigenvalue weighted by molar-refractivity contribution is 5.83. The molecule has 2 aromatic rings. The highest BCUT2D eigenvalue weighted by Gasteiger charge is 2.25. The molecular formula is C12H14N4O. The molecule has 5 heteroatoms. The lowest BCUT2D eigenvalue weighted by Gasteiger charge is -2.05. The molecule has 0 bridgehead atoms. The maximum Gasteiger partial charge on any atom is 0.166 e. The second-order valence-corrected chi connectivity index (χ2v) is 4.57. The van der Waals surface area contributed by atoms with Crippen LogP contribution in [0.4, 0.5) is 0 Å². The van der Waals surface area contributed by atoms with Gasteiger partial charge in [0.25, 0.3) is 0 Å². The number of rotatable bonds is 2. The Balaban J connectivity index is 2.04. The standard InChI is InChI=1S/C12H14N4O/c1-15-6-4-9(7-15)11-13-12-10(8-17)3-2-5-16(12)14-11/h2-3,5,8-9H,4,6-7H2,1H3. The van der Waals surface area contributed by atoms with Gasteiger partial charge < -0.3 is 4.90 Å². The largest absolute Gasteiger partial charge is 0.306 e. The Morgan fingerprint density at radius 3 is 3.12 bits per heavy atom. The van der Waals surface area contributed by atoms with Crippen LogP contribution >= 0.6 is 0 Å². The summed E-state index contributed by atoms with van der Waals surface area (Å²) in [5, 5.41) is 4.46. The van der Waals surface area contributed by atoms with Crippen LogP contribution in [0.15, 0.2) is 18.3 Å². The van der Waals surface area contributed by atoms with E-state index < -0.39 is 0 Å². The predicted octanol–water partition coefficient (Wildman–Crippen LogP) is 0.961. The van der Waals surface area contributed by atoms with Gasteiger partial charge in [0.15, 0.2) is 17.8 Å². The summed E-state index contributed by atoms with van der Waals surface area (Å²) >= 11 is 0. The van der Waals surface area contributed by atoms with E-state index in [1.54, 1.807) is 10.6 Å². The molecule has 1 aliphatic heterocycles. The average molecular weight is 230 g/mol. The Morgan fingerprint density at radius 1 is 1.53 bits per heavy atom. The molecule has 1 fully saturated rings. The van der Waals surface area contributed by atoms with E-state index in [2.05, 4.69) is 22.0 Å². The number of aldehydes is 1. The van der Waals surface area contributed by atoms with Crippen LogP contribution in [-0.4, -0.2) is 45.9 Å². The first-order valence-corrected chi connectivity index (χ1v) is 5.77. The lowest BCUT2D eigenvalue weighted by atomic mass is 10.1. The number of carbonyl (C=O) groups is 1. The minimum absolute atomic E-state index is 0.388. The fourth-order valence-electron chi connectivity index (χ4n) is 2.35. The van der Waals surface area contributed by atoms with Crippen molar-refractivity contribution in [3.63, 3.8) is 0 Å². The van der Waals surface area contributed by atoms with Gasteiger partial charge in [-0.1, -0.05) is 0 Å². The third-order valence-corrected chi connectivity index (χ3v) is 3.29. The van der Waals surface area contributed by atoms with Crippen molar-refractivity contribution in [2.75, 3.05) is 20.1 Å². The zero-order chi connectivity index (χ0) is 11.8. The van der Waals surface area contributed by atoms with Crippen LogP contribution in [0.1, 0.15) is 28.5 Å². The first kappa shape index (κ1) is 10.4. The normalized spacial score (nSPS) is 21.1. The second-order valence-electron chi connectivity index (χ2n) is 4.57. The minimum atomic E-state index is 0.388. The van der Waals surface area contributed by atoms with Crippen molar-refractivity contribution >= 4 is 11.9 Å². The minimum Gasteiger partial charge on any atom is -0.306 e. The molecule has 1 atom stereocenters. The summed E-state index contributed by atoms with van der Waals surface area (Å²) in [6, 6.07) is 3.58. The van der Waals surface area contributed by atoms with Gasteiger partial charge in [0.05, 0.1) is 5.56 Å². The number of likely N-dealkylation sites (N-methyl/N-ethyl adjacent to an activating group) is 1. The van der Waals surface area contributed by atoms with E-state index >= 15 is 0 Å². The smallest absolute Gasteiger partial charge is 0.166 e. The highest BCUT2D eigenvalue weighted by Crippen LogP contribution is 2.24. The van der Waals surface area contributed by atoms with E-state index in [4.69, 9.17) is 0 Å². The van der Waals surface area contributed by atoms with Gasteiger partial charge in [-0.2, -0.15) is 5.10 Å². The van der Waals surface area contributed by atoms with Gasteiger partial charge in [-0.3, -0.25) is 4.79 Å². The first-order valence-electron chi connectivity index (χ1n) is 5.77. The molecule has 3 heterocycles. The fraction of sp³-hybridized carbons (Fsp3) is 0.417. The summed E-state index contributed by atoms with van der Waals surface area (Å²) in [5.41, 5.74) is 1.25. The zero-order valence-corrected chi connectivity index (χ0v) is 9.71. The number of carbonyl (C=O) groups excluding carboxylic acids is 1. The molecule has 0 radical (unpaired) electrons. The summed E-state index contributed by atoms with van der Waals surface area (Å²) in [5.74, 6) is 1.24. The lowest BCUT2D eigenvalue weighted by Crippen LogP contribution is -2.13. The van der Waals surface area contributed by atoms with E-state index in [1.807, 2.05) is 12.3 Å². The van der Waals surface area contributed by atoms with Gasteiger partial charge in [-0.15, -0.1) is 0 Å². The average Bonchev–Trinajstić information content (AvgIpc) is 2.93. The van der Waals surface area contributed by atoms with E-state index in [1.165, 1.54) is 0 Å². The number of pyridine rings is 1. The molecule has 0 aliphatic carbocycles. The molecule has 1 aliphatic rings. The van der Waals surface area contributed by atoms with E-state index in [9.17, 15) is 4.79 Å². The fourth-order valence-corrected chi connectivity index (χ4v) is 2.35. The van der Waals surface area contributed by atoms with Crippen LogP contribution in [0.5, 0.6) is 0 Å². The number of aromatic nitrogens is 3. The van der Waals surface area contributed by atoms with Gasteiger partial charge in [-0.05, 0) is 32.1 Å². The van der Waals surface area contributed by atoms with E-state index in [0.717, 1.165) is 31.6 Å². The quantitative estimate of drug-likeness (QED) is 0.721. The van der Waals surface area contributed by atoms with Crippen LogP contribution in [0.3, 0.4) is 0 Å². The molecule has 1 unspecified atom stereocenters. The van der Waals surface area contributed by atoms with Crippen molar-refractivity contribution in [2.24, 2.45) is 0 Å². The molecule has 0 spiro atoms. The zero-order valence-electron chi connectivity index (χ0n) is 9.71. The van der Waals surface area contributed by atoms with Gasteiger partial charge >= 0.3 is 0 Å². The third kappa shape index (κ3) is 1.72. The van der Waals surface area contributed by atoms with E-state index in [-0.39, 0.29) is 0 Å². The second kappa shape index (κ2) is 3.92. The van der Waals surface area contributed by atoms with Gasteiger partial charge in [0.1, 0.15) is 0 Å². The van der Waals surface area contributed by atoms with Crippen molar-refractivity contribution in [2.45, 2.75) is 12.3 Å². The van der Waals surface area contributed by atoms with Gasteiger partial charge in [0.2, 0.25) is 0 Å². The Bertz CT molecular complexity index is 563. The Kier molecular flexibility index (Phi) is 2.40. The SMILES string of the molecule is CN1CCC(c2nc3c(C=O)cccn3n2)C1. The molecule has 2 aromatic heterocycles. The summed E-state index contributed by atoms with van der Waals surface area (Å²) in [6.45, 7) is 2.08. The number of hydrogen-bond donors (Lipinski definition) is 0. The van der Waals surface area contributed by atoms with E-state index in [0.29, 0.717) is 17.1 Å². The Labute approximate surface area is 99.1 Å². The van der Waals surface area contributed by atoms with Crippen LogP contribution in [0.25, 0.3) is 5.65 Å². The van der Waals surface area contributed by atoms with Crippen molar-refractivity contribution < 1.29 is 4.79 Å². The Morgan fingerprint density at radius 2 is 2.41 bits per heavy atom. The molecule has 0 amide bonds. The molecule has 0 N–H and O–H groups in total. The van der Waals surface area contributed by atoms with Crippen molar-refractivity contribution in [1.82, 2.24) is 19.5 Å². The molecular weight excluding hydrogens is 216 g/mol. The number of likely N-dealkylation sites (tertiary alicyclic amines) is 1. The van der Waals surface area contributed by atoms with Crippen molar-refractivity contribution in [1.29, 1.82) is 0 Å². The predicted molar refractivity (Wildman–Crippen MR) is 63.2 cm³/mol. The number of hydrogen-bond acceptors (Lipinski definition) is 4. The maximum absolute atomic E-state index is 10.9. The third-order valence-electron chi connectivity index (χ3n) is 3.29. The molecule has 88 valence electrons. The molecule has 0 saturated carbocycles. The van der Waals surface area contributed by atoms with Crippen LogP contribution in [0, 0.1) is 0 Å². The lowest BCUT2D eigenvalue weighted by molar-refractivity contribution is 0.112. The highest BCUT2D eigenvalue weighted by atomic mass is 16.1. The Hall–Kier alpha value is -1.75. The van der Waals surface area contributed by atoms with Crippen molar-refractivity contribution in [3.8, 4) is 0 Å². The molecule has 3 rings (SSSR count). The van der Waals surface area contributed by atoms with Crippen LogP contribution < -0.4 is 0 Å². The monoisotopic (exact) mass is 230 g/mol. The molecule has 1 saturated heterocycles.